The molecule has 0 bridgehead atoms. The molecule has 1 heterocycles. The van der Waals surface area contributed by atoms with Gasteiger partial charge in [0.05, 0.1) is 11.1 Å². The molecule has 4 rings (SSSR count). The number of nitrogens with one attached hydrogen (secondary N) is 2. The van der Waals surface area contributed by atoms with Crippen molar-refractivity contribution in [3.63, 3.8) is 0 Å². The number of hydrazone groups is 1. The molecule has 4 aromatic rings. The summed E-state index contributed by atoms with van der Waals surface area (Å²) in [6.07, 6.45) is 3.60. The maximum Gasteiger partial charge on any atom is 0.265 e. The van der Waals surface area contributed by atoms with Crippen LogP contribution in [0.3, 0.4) is 0 Å². The number of carbonyl (C=O) groups is 2. The molecule has 0 fully saturated rings. The summed E-state index contributed by atoms with van der Waals surface area (Å²) < 4.78 is 32.9. The predicted molar refractivity (Wildman–Crippen MR) is 156 cm³/mol. The van der Waals surface area contributed by atoms with Crippen molar-refractivity contribution in [3.05, 3.63) is 120 Å². The van der Waals surface area contributed by atoms with E-state index in [1.54, 1.807) is 54.6 Å². The monoisotopic (exact) mass is 571 g/mol. The van der Waals surface area contributed by atoms with Crippen LogP contribution in [0, 0.1) is 0 Å². The number of amides is 2. The summed E-state index contributed by atoms with van der Waals surface area (Å²) in [7, 11) is -4.05. The van der Waals surface area contributed by atoms with Gasteiger partial charge in [-0.1, -0.05) is 54.6 Å². The number of rotatable bonds is 13. The van der Waals surface area contributed by atoms with Crippen LogP contribution in [-0.2, 0) is 26.0 Å². The summed E-state index contributed by atoms with van der Waals surface area (Å²) in [5.74, 6) is -0.259. The number of pyridine rings is 1. The van der Waals surface area contributed by atoms with Gasteiger partial charge in [0.15, 0.2) is 6.61 Å². The molecule has 0 radical (unpaired) electrons. The van der Waals surface area contributed by atoms with E-state index in [4.69, 9.17) is 4.74 Å². The van der Waals surface area contributed by atoms with Crippen LogP contribution in [0.15, 0.2) is 119 Å². The minimum atomic E-state index is -4.05. The van der Waals surface area contributed by atoms with Crippen LogP contribution in [0.4, 0.5) is 5.82 Å². The second kappa shape index (κ2) is 14.4. The fourth-order valence-corrected chi connectivity index (χ4v) is 5.09. The quantitative estimate of drug-likeness (QED) is 0.187. The van der Waals surface area contributed by atoms with Crippen LogP contribution >= 0.6 is 0 Å². The van der Waals surface area contributed by atoms with Gasteiger partial charge >= 0.3 is 0 Å². The van der Waals surface area contributed by atoms with Crippen LogP contribution < -0.4 is 19.8 Å². The van der Waals surface area contributed by atoms with Gasteiger partial charge in [-0.2, -0.15) is 5.10 Å². The Hall–Kier alpha value is -5.03. The molecular formula is C30H29N5O5S. The Morgan fingerprint density at radius 1 is 0.854 bits per heavy atom. The van der Waals surface area contributed by atoms with Crippen LogP contribution in [0.5, 0.6) is 5.75 Å². The lowest BCUT2D eigenvalue weighted by Crippen LogP contribution is -2.40. The van der Waals surface area contributed by atoms with E-state index in [1.165, 1.54) is 30.6 Å². The highest BCUT2D eigenvalue weighted by Gasteiger charge is 2.27. The normalized spacial score (nSPS) is 11.1. The third kappa shape index (κ3) is 8.73. The maximum atomic E-state index is 13.2. The van der Waals surface area contributed by atoms with E-state index in [-0.39, 0.29) is 23.2 Å². The molecule has 0 aliphatic heterocycles. The number of anilines is 1. The molecule has 2 amide bonds. The van der Waals surface area contributed by atoms with Gasteiger partial charge in [0.1, 0.15) is 18.1 Å². The van der Waals surface area contributed by atoms with Crippen molar-refractivity contribution in [3.8, 4) is 5.75 Å². The van der Waals surface area contributed by atoms with E-state index >= 15 is 0 Å². The molecule has 11 heteroatoms. The Kier molecular flexibility index (Phi) is 10.2. The number of benzene rings is 3. The molecule has 0 saturated carbocycles. The molecule has 0 unspecified atom stereocenters. The summed E-state index contributed by atoms with van der Waals surface area (Å²) in [4.78, 5) is 28.8. The molecule has 2 N–H and O–H groups in total. The van der Waals surface area contributed by atoms with Crippen LogP contribution in [-0.4, -0.2) is 51.1 Å². The Balaban J connectivity index is 1.27. The van der Waals surface area contributed by atoms with Gasteiger partial charge in [-0.25, -0.2) is 23.1 Å². The van der Waals surface area contributed by atoms with Crippen LogP contribution in [0.25, 0.3) is 0 Å². The van der Waals surface area contributed by atoms with E-state index in [0.29, 0.717) is 17.9 Å². The largest absolute Gasteiger partial charge is 0.484 e. The van der Waals surface area contributed by atoms with Gasteiger partial charge in [0, 0.05) is 12.7 Å². The van der Waals surface area contributed by atoms with Gasteiger partial charge in [-0.3, -0.25) is 9.59 Å². The molecule has 3 aromatic carbocycles. The van der Waals surface area contributed by atoms with Crippen molar-refractivity contribution in [1.29, 1.82) is 0 Å². The van der Waals surface area contributed by atoms with Crippen molar-refractivity contribution in [1.82, 2.24) is 15.7 Å². The molecule has 0 spiro atoms. The van der Waals surface area contributed by atoms with Gasteiger partial charge < -0.3 is 10.1 Å². The van der Waals surface area contributed by atoms with Crippen molar-refractivity contribution >= 4 is 33.9 Å². The second-order valence-electron chi connectivity index (χ2n) is 8.75. The van der Waals surface area contributed by atoms with Crippen LogP contribution in [0.1, 0.15) is 11.1 Å². The summed E-state index contributed by atoms with van der Waals surface area (Å²) in [6, 6.07) is 29.3. The molecule has 10 nitrogen and oxygen atoms in total. The predicted octanol–water partition coefficient (Wildman–Crippen LogP) is 3.16. The number of sulfonamides is 1. The fourth-order valence-electron chi connectivity index (χ4n) is 3.70. The molecule has 1 aromatic heterocycles. The highest BCUT2D eigenvalue weighted by molar-refractivity contribution is 7.92. The first-order valence-electron chi connectivity index (χ1n) is 12.8. The average molecular weight is 572 g/mol. The Morgan fingerprint density at radius 3 is 2.22 bits per heavy atom. The van der Waals surface area contributed by atoms with Gasteiger partial charge in [-0.15, -0.1) is 0 Å². The Labute approximate surface area is 238 Å². The standard InChI is InChI=1S/C30H29N5O5S/c36-29(22-35(28-13-7-8-19-31-28)41(38,39)27-11-5-2-6-12-27)34-33-21-25-14-16-26(17-15-25)40-23-30(37)32-20-18-24-9-3-1-4-10-24/h1-17,19,21H,18,20,22-23H2,(H,32,37)(H,34,36)/b33-21-. The maximum absolute atomic E-state index is 13.2. The summed E-state index contributed by atoms with van der Waals surface area (Å²) >= 11 is 0. The number of hydrogen-bond acceptors (Lipinski definition) is 7. The van der Waals surface area contributed by atoms with Crippen molar-refractivity contribution < 1.29 is 22.7 Å². The minimum absolute atomic E-state index is 0.0360. The molecule has 210 valence electrons. The zero-order chi connectivity index (χ0) is 28.9. The highest BCUT2D eigenvalue weighted by Crippen LogP contribution is 2.21. The highest BCUT2D eigenvalue weighted by atomic mass is 32.2. The first-order valence-corrected chi connectivity index (χ1v) is 14.2. The van der Waals surface area contributed by atoms with Crippen molar-refractivity contribution in [2.24, 2.45) is 5.10 Å². The van der Waals surface area contributed by atoms with Crippen molar-refractivity contribution in [2.75, 3.05) is 24.0 Å². The lowest BCUT2D eigenvalue weighted by Gasteiger charge is -2.22. The average Bonchev–Trinajstić information content (AvgIpc) is 3.01. The topological polar surface area (TPSA) is 130 Å². The molecular weight excluding hydrogens is 542 g/mol. The fraction of sp³-hybridized carbons (Fsp3) is 0.133. The van der Waals surface area contributed by atoms with E-state index < -0.39 is 22.5 Å². The number of hydrogen-bond donors (Lipinski definition) is 2. The van der Waals surface area contributed by atoms with Crippen LogP contribution in [0.2, 0.25) is 0 Å². The lowest BCUT2D eigenvalue weighted by atomic mass is 10.1. The first-order chi connectivity index (χ1) is 19.9. The van der Waals surface area contributed by atoms with Gasteiger partial charge in [-0.05, 0) is 66.1 Å². The lowest BCUT2D eigenvalue weighted by molar-refractivity contribution is -0.123. The Morgan fingerprint density at radius 2 is 1.54 bits per heavy atom. The van der Waals surface area contributed by atoms with E-state index in [9.17, 15) is 18.0 Å². The molecule has 0 aliphatic rings. The summed E-state index contributed by atoms with van der Waals surface area (Å²) in [6.45, 7) is -0.117. The Bertz CT molecular complexity index is 1550. The number of ether oxygens (including phenoxy) is 1. The third-order valence-electron chi connectivity index (χ3n) is 5.75. The smallest absolute Gasteiger partial charge is 0.265 e. The van der Waals surface area contributed by atoms with Gasteiger partial charge in [0.25, 0.3) is 21.8 Å². The van der Waals surface area contributed by atoms with E-state index in [1.807, 2.05) is 30.3 Å². The number of carbonyl (C=O) groups excluding carboxylic acids is 2. The number of aromatic nitrogens is 1. The van der Waals surface area contributed by atoms with E-state index in [0.717, 1.165) is 16.3 Å². The molecule has 41 heavy (non-hydrogen) atoms. The summed E-state index contributed by atoms with van der Waals surface area (Å²) in [5.41, 5.74) is 4.15. The SMILES string of the molecule is O=C(COc1ccc(/C=N\NC(=O)CN(c2ccccn2)S(=O)(=O)c2ccccc2)cc1)NCCc1ccccc1. The molecule has 0 aliphatic carbocycles. The van der Waals surface area contributed by atoms with E-state index in [2.05, 4.69) is 20.8 Å². The number of nitrogens with zero attached hydrogens (tertiary/aromatic N) is 3. The molecule has 0 atom stereocenters. The third-order valence-corrected chi connectivity index (χ3v) is 7.52. The molecule has 0 saturated heterocycles. The zero-order valence-electron chi connectivity index (χ0n) is 22.1. The second-order valence-corrected chi connectivity index (χ2v) is 10.6. The van der Waals surface area contributed by atoms with Crippen molar-refractivity contribution in [2.45, 2.75) is 11.3 Å². The summed E-state index contributed by atoms with van der Waals surface area (Å²) in [5, 5.41) is 6.76. The van der Waals surface area contributed by atoms with Gasteiger partial charge in [0.2, 0.25) is 0 Å². The first kappa shape index (κ1) is 29.0. The zero-order valence-corrected chi connectivity index (χ0v) is 22.9. The minimum Gasteiger partial charge on any atom is -0.484 e.